The molecule has 0 saturated carbocycles. The topological polar surface area (TPSA) is 47.6 Å². The van der Waals surface area contributed by atoms with Gasteiger partial charge in [0, 0.05) is 0 Å². The van der Waals surface area contributed by atoms with Crippen LogP contribution in [0.5, 0.6) is 11.5 Å². The number of anilines is 1. The molecular formula is C20H22BrNO3. The molecule has 0 unspecified atom stereocenters. The zero-order valence-electron chi connectivity index (χ0n) is 14.5. The van der Waals surface area contributed by atoms with Gasteiger partial charge in [-0.15, -0.1) is 0 Å². The molecule has 0 aromatic heterocycles. The largest absolute Gasteiger partial charge is 0.487 e. The fraction of sp³-hybridized carbons (Fsp3) is 0.250. The maximum Gasteiger partial charge on any atom is 0.262 e. The highest BCUT2D eigenvalue weighted by atomic mass is 79.9. The van der Waals surface area contributed by atoms with Crippen LogP contribution in [0.2, 0.25) is 0 Å². The van der Waals surface area contributed by atoms with Gasteiger partial charge in [-0.2, -0.15) is 0 Å². The molecule has 5 heteroatoms. The van der Waals surface area contributed by atoms with Gasteiger partial charge >= 0.3 is 0 Å². The minimum absolute atomic E-state index is 0.0844. The third kappa shape index (κ3) is 5.94. The Bertz CT molecular complexity index is 758. The molecule has 0 atom stereocenters. The van der Waals surface area contributed by atoms with Gasteiger partial charge in [0.05, 0.1) is 10.2 Å². The second-order valence-electron chi connectivity index (χ2n) is 5.70. The van der Waals surface area contributed by atoms with Gasteiger partial charge in [-0.05, 0) is 64.7 Å². The van der Waals surface area contributed by atoms with Gasteiger partial charge < -0.3 is 14.8 Å². The van der Waals surface area contributed by atoms with Crippen molar-refractivity contribution in [2.45, 2.75) is 20.3 Å². The molecule has 0 radical (unpaired) electrons. The Kier molecular flexibility index (Phi) is 7.07. The predicted molar refractivity (Wildman–Crippen MR) is 104 cm³/mol. The van der Waals surface area contributed by atoms with E-state index in [-0.39, 0.29) is 12.5 Å². The zero-order chi connectivity index (χ0) is 18.2. The van der Waals surface area contributed by atoms with Gasteiger partial charge in [-0.1, -0.05) is 31.7 Å². The third-order valence-electron chi connectivity index (χ3n) is 3.40. The quantitative estimate of drug-likeness (QED) is 0.631. The number of halogens is 1. The van der Waals surface area contributed by atoms with Crippen LogP contribution in [0, 0.1) is 0 Å². The number of benzene rings is 2. The van der Waals surface area contributed by atoms with Crippen LogP contribution in [-0.2, 0) is 11.2 Å². The van der Waals surface area contributed by atoms with E-state index in [0.29, 0.717) is 23.8 Å². The van der Waals surface area contributed by atoms with Crippen molar-refractivity contribution in [3.63, 3.8) is 0 Å². The lowest BCUT2D eigenvalue weighted by molar-refractivity contribution is -0.118. The Morgan fingerprint density at radius 2 is 1.84 bits per heavy atom. The second-order valence-corrected chi connectivity index (χ2v) is 6.55. The first-order valence-electron chi connectivity index (χ1n) is 8.07. The van der Waals surface area contributed by atoms with Gasteiger partial charge in [-0.25, -0.2) is 0 Å². The smallest absolute Gasteiger partial charge is 0.262 e. The summed E-state index contributed by atoms with van der Waals surface area (Å²) in [5.41, 5.74) is 2.72. The van der Waals surface area contributed by atoms with E-state index in [0.717, 1.165) is 16.5 Å². The van der Waals surface area contributed by atoms with Crippen LogP contribution in [0.4, 0.5) is 5.69 Å². The molecule has 0 aliphatic heterocycles. The van der Waals surface area contributed by atoms with Crippen molar-refractivity contribution in [2.75, 3.05) is 18.5 Å². The molecule has 0 aliphatic carbocycles. The average molecular weight is 404 g/mol. The number of carbonyl (C=O) groups excluding carboxylic acids is 1. The molecule has 132 valence electrons. The number of carbonyl (C=O) groups is 1. The van der Waals surface area contributed by atoms with Crippen LogP contribution in [0.3, 0.4) is 0 Å². The number of ether oxygens (including phenoxy) is 2. The van der Waals surface area contributed by atoms with Crippen LogP contribution in [0.1, 0.15) is 19.4 Å². The monoisotopic (exact) mass is 403 g/mol. The molecule has 4 nitrogen and oxygen atoms in total. The lowest BCUT2D eigenvalue weighted by Crippen LogP contribution is -2.20. The molecule has 1 amide bonds. The molecule has 2 rings (SSSR count). The summed E-state index contributed by atoms with van der Waals surface area (Å²) in [6.45, 7) is 8.10. The van der Waals surface area contributed by atoms with E-state index in [4.69, 9.17) is 9.47 Å². The van der Waals surface area contributed by atoms with Gasteiger partial charge in [0.2, 0.25) is 0 Å². The molecule has 2 aromatic carbocycles. The molecule has 0 spiro atoms. The first-order valence-corrected chi connectivity index (χ1v) is 8.86. The fourth-order valence-corrected chi connectivity index (χ4v) is 2.65. The van der Waals surface area contributed by atoms with Crippen molar-refractivity contribution in [1.82, 2.24) is 0 Å². The Morgan fingerprint density at radius 3 is 2.52 bits per heavy atom. The van der Waals surface area contributed by atoms with Crippen molar-refractivity contribution < 1.29 is 14.3 Å². The summed E-state index contributed by atoms with van der Waals surface area (Å²) < 4.78 is 12.1. The van der Waals surface area contributed by atoms with Crippen LogP contribution >= 0.6 is 15.9 Å². The number of nitrogens with one attached hydrogen (secondary N) is 1. The molecule has 1 N–H and O–H groups in total. The Hall–Kier alpha value is -2.27. The predicted octanol–water partition coefficient (Wildman–Crippen LogP) is 4.98. The highest BCUT2D eigenvalue weighted by molar-refractivity contribution is 9.10. The first-order chi connectivity index (χ1) is 12.0. The van der Waals surface area contributed by atoms with Crippen LogP contribution in [0.25, 0.3) is 0 Å². The molecule has 2 aromatic rings. The van der Waals surface area contributed by atoms with E-state index in [9.17, 15) is 4.79 Å². The summed E-state index contributed by atoms with van der Waals surface area (Å²) in [5.74, 6) is 0.990. The molecule has 25 heavy (non-hydrogen) atoms. The van der Waals surface area contributed by atoms with Crippen LogP contribution in [0.15, 0.2) is 59.1 Å². The Morgan fingerprint density at radius 1 is 1.12 bits per heavy atom. The zero-order valence-corrected chi connectivity index (χ0v) is 16.1. The fourth-order valence-electron chi connectivity index (χ4n) is 2.11. The van der Waals surface area contributed by atoms with Crippen molar-refractivity contribution in [2.24, 2.45) is 0 Å². The summed E-state index contributed by atoms with van der Waals surface area (Å²) in [5, 5.41) is 2.81. The van der Waals surface area contributed by atoms with Crippen molar-refractivity contribution in [1.29, 1.82) is 0 Å². The van der Waals surface area contributed by atoms with Crippen LogP contribution in [-0.4, -0.2) is 19.1 Å². The molecule has 0 fully saturated rings. The van der Waals surface area contributed by atoms with Gasteiger partial charge in [-0.3, -0.25) is 4.79 Å². The number of para-hydroxylation sites is 2. The summed E-state index contributed by atoms with van der Waals surface area (Å²) in [7, 11) is 0. The number of rotatable bonds is 8. The van der Waals surface area contributed by atoms with Gasteiger partial charge in [0.15, 0.2) is 6.61 Å². The molecule has 0 aliphatic rings. The van der Waals surface area contributed by atoms with E-state index >= 15 is 0 Å². The van der Waals surface area contributed by atoms with Crippen molar-refractivity contribution >= 4 is 27.5 Å². The van der Waals surface area contributed by atoms with E-state index in [1.807, 2.05) is 37.3 Å². The minimum atomic E-state index is -0.252. The molecule has 0 saturated heterocycles. The average Bonchev–Trinajstić information content (AvgIpc) is 2.59. The minimum Gasteiger partial charge on any atom is -0.487 e. The third-order valence-corrected chi connectivity index (χ3v) is 4.02. The SMILES string of the molecule is C=C(C)COc1ccccc1NC(=O)COc1ccc(CC)cc1Br. The highest BCUT2D eigenvalue weighted by Crippen LogP contribution is 2.27. The molecule has 0 heterocycles. The summed E-state index contributed by atoms with van der Waals surface area (Å²) in [6, 6.07) is 13.1. The van der Waals surface area contributed by atoms with Crippen molar-refractivity contribution in [3.8, 4) is 11.5 Å². The molecule has 0 bridgehead atoms. The highest BCUT2D eigenvalue weighted by Gasteiger charge is 2.10. The summed E-state index contributed by atoms with van der Waals surface area (Å²) in [4.78, 5) is 12.2. The maximum atomic E-state index is 12.2. The lowest BCUT2D eigenvalue weighted by Gasteiger charge is -2.13. The van der Waals surface area contributed by atoms with Gasteiger partial charge in [0.1, 0.15) is 18.1 Å². The van der Waals surface area contributed by atoms with Gasteiger partial charge in [0.25, 0.3) is 5.91 Å². The van der Waals surface area contributed by atoms with Crippen molar-refractivity contribution in [3.05, 3.63) is 64.7 Å². The lowest BCUT2D eigenvalue weighted by atomic mass is 10.2. The summed E-state index contributed by atoms with van der Waals surface area (Å²) in [6.07, 6.45) is 0.945. The van der Waals surface area contributed by atoms with E-state index in [1.54, 1.807) is 12.1 Å². The maximum absolute atomic E-state index is 12.2. The van der Waals surface area contributed by atoms with Crippen LogP contribution < -0.4 is 14.8 Å². The standard InChI is InChI=1S/C20H22BrNO3/c1-4-15-9-10-18(16(21)11-15)25-13-20(23)22-17-7-5-6-8-19(17)24-12-14(2)3/h5-11H,2,4,12-13H2,1,3H3,(H,22,23). The second kappa shape index (κ2) is 9.28. The number of hydrogen-bond donors (Lipinski definition) is 1. The van der Waals surface area contributed by atoms with E-state index in [2.05, 4.69) is 34.7 Å². The van der Waals surface area contributed by atoms with E-state index in [1.165, 1.54) is 5.56 Å². The number of hydrogen-bond acceptors (Lipinski definition) is 3. The number of aryl methyl sites for hydroxylation is 1. The first kappa shape index (κ1) is 19.1. The number of amides is 1. The summed E-state index contributed by atoms with van der Waals surface area (Å²) >= 11 is 3.47. The molecular weight excluding hydrogens is 382 g/mol. The Balaban J connectivity index is 1.95. The van der Waals surface area contributed by atoms with E-state index < -0.39 is 0 Å². The Labute approximate surface area is 157 Å². The normalized spacial score (nSPS) is 10.2.